The van der Waals surface area contributed by atoms with E-state index in [-0.39, 0.29) is 11.2 Å². The van der Waals surface area contributed by atoms with E-state index in [2.05, 4.69) is 10.2 Å². The van der Waals surface area contributed by atoms with Gasteiger partial charge in [-0.1, -0.05) is 0 Å². The summed E-state index contributed by atoms with van der Waals surface area (Å²) in [4.78, 5) is 0. The molecule has 1 atom stereocenters. The first-order valence-electron chi connectivity index (χ1n) is 6.41. The molecule has 0 radical (unpaired) electrons. The Balaban J connectivity index is 2.18. The zero-order valence-corrected chi connectivity index (χ0v) is 12.0. The number of aryl methyl sites for hydroxylation is 1. The van der Waals surface area contributed by atoms with Crippen LogP contribution in [0, 0.1) is 6.92 Å². The molecular weight excluding hydrogens is 250 g/mol. The molecule has 1 unspecified atom stereocenters. The molecule has 0 bridgehead atoms. The van der Waals surface area contributed by atoms with Crippen molar-refractivity contribution in [2.45, 2.75) is 44.8 Å². The molecule has 1 aromatic heterocycles. The van der Waals surface area contributed by atoms with Gasteiger partial charge in [0.2, 0.25) is 10.0 Å². The molecule has 1 aliphatic rings. The number of nitrogens with one attached hydrogen (secondary N) is 1. The molecule has 1 aromatic rings. The van der Waals surface area contributed by atoms with Gasteiger partial charge < -0.3 is 0 Å². The average Bonchev–Trinajstić information content (AvgIpc) is 2.75. The van der Waals surface area contributed by atoms with E-state index < -0.39 is 10.0 Å². The molecule has 0 saturated carbocycles. The van der Waals surface area contributed by atoms with Crippen molar-refractivity contribution in [3.8, 4) is 0 Å². The minimum atomic E-state index is -3.14. The Morgan fingerprint density at radius 3 is 2.78 bits per heavy atom. The second-order valence-electron chi connectivity index (χ2n) is 5.26. The Morgan fingerprint density at radius 2 is 2.22 bits per heavy atom. The van der Waals surface area contributed by atoms with Crippen LogP contribution in [0.2, 0.25) is 0 Å². The summed E-state index contributed by atoms with van der Waals surface area (Å²) in [7, 11) is -3.14. The molecule has 1 fully saturated rings. The summed E-state index contributed by atoms with van der Waals surface area (Å²) in [5.74, 6) is 0.245. The smallest absolute Gasteiger partial charge is 0.216 e. The number of aromatic amines is 1. The van der Waals surface area contributed by atoms with Crippen molar-refractivity contribution in [2.24, 2.45) is 0 Å². The SMILES string of the molecule is Cc1cn[nH]c1C1CCCN(S(=O)(=O)C(C)C)C1. The van der Waals surface area contributed by atoms with Crippen LogP contribution in [0.25, 0.3) is 0 Å². The highest BCUT2D eigenvalue weighted by Crippen LogP contribution is 2.29. The Kier molecular flexibility index (Phi) is 3.77. The quantitative estimate of drug-likeness (QED) is 0.908. The van der Waals surface area contributed by atoms with Gasteiger partial charge in [-0.25, -0.2) is 12.7 Å². The van der Waals surface area contributed by atoms with Crippen LogP contribution in [0.3, 0.4) is 0 Å². The van der Waals surface area contributed by atoms with Crippen LogP contribution in [0.15, 0.2) is 6.20 Å². The highest BCUT2D eigenvalue weighted by molar-refractivity contribution is 7.89. The highest BCUT2D eigenvalue weighted by atomic mass is 32.2. The predicted octanol–water partition coefficient (Wildman–Crippen LogP) is 1.64. The van der Waals surface area contributed by atoms with Gasteiger partial charge >= 0.3 is 0 Å². The summed E-state index contributed by atoms with van der Waals surface area (Å²) in [5, 5.41) is 6.68. The Bertz CT molecular complexity index is 507. The lowest BCUT2D eigenvalue weighted by atomic mass is 9.94. The maximum Gasteiger partial charge on any atom is 0.216 e. The molecular formula is C12H21N3O2S. The summed E-state index contributed by atoms with van der Waals surface area (Å²) in [6.45, 7) is 6.70. The molecule has 0 aliphatic carbocycles. The van der Waals surface area contributed by atoms with E-state index in [1.54, 1.807) is 24.3 Å². The van der Waals surface area contributed by atoms with Crippen molar-refractivity contribution < 1.29 is 8.42 Å². The lowest BCUT2D eigenvalue weighted by Crippen LogP contribution is -2.42. The first kappa shape index (κ1) is 13.5. The Morgan fingerprint density at radius 1 is 1.50 bits per heavy atom. The van der Waals surface area contributed by atoms with Gasteiger partial charge in [-0.2, -0.15) is 5.10 Å². The molecule has 1 saturated heterocycles. The lowest BCUT2D eigenvalue weighted by molar-refractivity contribution is 0.310. The van der Waals surface area contributed by atoms with Crippen LogP contribution < -0.4 is 0 Å². The minimum absolute atomic E-state index is 0.245. The average molecular weight is 271 g/mol. The molecule has 0 aromatic carbocycles. The zero-order chi connectivity index (χ0) is 13.3. The van der Waals surface area contributed by atoms with E-state index in [0.29, 0.717) is 13.1 Å². The number of hydrogen-bond donors (Lipinski definition) is 1. The first-order valence-corrected chi connectivity index (χ1v) is 7.92. The molecule has 6 heteroatoms. The van der Waals surface area contributed by atoms with Crippen LogP contribution in [-0.4, -0.2) is 41.3 Å². The molecule has 1 aliphatic heterocycles. The van der Waals surface area contributed by atoms with Gasteiger partial charge in [0.1, 0.15) is 0 Å². The van der Waals surface area contributed by atoms with Crippen molar-refractivity contribution in [3.63, 3.8) is 0 Å². The maximum atomic E-state index is 12.2. The molecule has 0 amide bonds. The maximum absolute atomic E-state index is 12.2. The van der Waals surface area contributed by atoms with E-state index in [0.717, 1.165) is 24.1 Å². The van der Waals surface area contributed by atoms with E-state index in [4.69, 9.17) is 0 Å². The Labute approximate surface area is 109 Å². The highest BCUT2D eigenvalue weighted by Gasteiger charge is 2.32. The van der Waals surface area contributed by atoms with Gasteiger partial charge in [-0.3, -0.25) is 5.10 Å². The number of aromatic nitrogens is 2. The fraction of sp³-hybridized carbons (Fsp3) is 0.750. The molecule has 18 heavy (non-hydrogen) atoms. The summed E-state index contributed by atoms with van der Waals surface area (Å²) >= 11 is 0. The second kappa shape index (κ2) is 5.01. The standard InChI is InChI=1S/C12H21N3O2S/c1-9(2)18(16,17)15-6-4-5-11(8-15)12-10(3)7-13-14-12/h7,9,11H,4-6,8H2,1-3H3,(H,13,14). The fourth-order valence-electron chi connectivity index (χ4n) is 2.48. The number of piperidine rings is 1. The monoisotopic (exact) mass is 271 g/mol. The minimum Gasteiger partial charge on any atom is -0.282 e. The first-order chi connectivity index (χ1) is 8.43. The number of hydrogen-bond acceptors (Lipinski definition) is 3. The zero-order valence-electron chi connectivity index (χ0n) is 11.2. The predicted molar refractivity (Wildman–Crippen MR) is 70.9 cm³/mol. The summed E-state index contributed by atoms with van der Waals surface area (Å²) < 4.78 is 26.0. The lowest BCUT2D eigenvalue weighted by Gasteiger charge is -2.32. The summed E-state index contributed by atoms with van der Waals surface area (Å²) in [6.07, 6.45) is 3.73. The molecule has 102 valence electrons. The molecule has 5 nitrogen and oxygen atoms in total. The third kappa shape index (κ3) is 2.44. The summed E-state index contributed by atoms with van der Waals surface area (Å²) in [6, 6.07) is 0. The number of sulfonamides is 1. The third-order valence-corrected chi connectivity index (χ3v) is 5.86. The van der Waals surface area contributed by atoms with Crippen LogP contribution in [-0.2, 0) is 10.0 Å². The van der Waals surface area contributed by atoms with Gasteiger partial charge in [0.05, 0.1) is 11.4 Å². The van der Waals surface area contributed by atoms with E-state index in [1.165, 1.54) is 0 Å². The number of nitrogens with zero attached hydrogens (tertiary/aromatic N) is 2. The van der Waals surface area contributed by atoms with Gasteiger partial charge in [0.25, 0.3) is 0 Å². The normalized spacial score (nSPS) is 22.6. The number of rotatable bonds is 3. The van der Waals surface area contributed by atoms with E-state index in [9.17, 15) is 8.42 Å². The van der Waals surface area contributed by atoms with Crippen molar-refractivity contribution >= 4 is 10.0 Å². The molecule has 2 heterocycles. The summed E-state index contributed by atoms with van der Waals surface area (Å²) in [5.41, 5.74) is 2.20. The third-order valence-electron chi connectivity index (χ3n) is 3.62. The van der Waals surface area contributed by atoms with Gasteiger partial charge in [-0.05, 0) is 39.2 Å². The van der Waals surface area contributed by atoms with Crippen molar-refractivity contribution in [1.29, 1.82) is 0 Å². The molecule has 1 N–H and O–H groups in total. The van der Waals surface area contributed by atoms with Crippen molar-refractivity contribution in [1.82, 2.24) is 14.5 Å². The van der Waals surface area contributed by atoms with Crippen LogP contribution in [0.4, 0.5) is 0 Å². The van der Waals surface area contributed by atoms with Gasteiger partial charge in [-0.15, -0.1) is 0 Å². The van der Waals surface area contributed by atoms with Gasteiger partial charge in [0, 0.05) is 24.7 Å². The fourth-order valence-corrected chi connectivity index (χ4v) is 3.84. The largest absolute Gasteiger partial charge is 0.282 e. The molecule has 2 rings (SSSR count). The van der Waals surface area contributed by atoms with Crippen LogP contribution in [0.1, 0.15) is 43.9 Å². The Hall–Kier alpha value is -0.880. The second-order valence-corrected chi connectivity index (χ2v) is 7.75. The van der Waals surface area contributed by atoms with Gasteiger partial charge in [0.15, 0.2) is 0 Å². The van der Waals surface area contributed by atoms with Crippen molar-refractivity contribution in [2.75, 3.05) is 13.1 Å². The van der Waals surface area contributed by atoms with Crippen LogP contribution in [0.5, 0.6) is 0 Å². The van der Waals surface area contributed by atoms with E-state index in [1.807, 2.05) is 6.92 Å². The molecule has 0 spiro atoms. The number of H-pyrrole nitrogens is 1. The topological polar surface area (TPSA) is 66.1 Å². The van der Waals surface area contributed by atoms with Crippen molar-refractivity contribution in [3.05, 3.63) is 17.5 Å². The van der Waals surface area contributed by atoms with E-state index >= 15 is 0 Å². The van der Waals surface area contributed by atoms with Crippen LogP contribution >= 0.6 is 0 Å².